The van der Waals surface area contributed by atoms with Gasteiger partial charge in [-0.25, -0.2) is 0 Å². The minimum Gasteiger partial charge on any atom is -0.300 e. The van der Waals surface area contributed by atoms with Crippen LogP contribution in [0.25, 0.3) is 0 Å². The first kappa shape index (κ1) is 11.4. The summed E-state index contributed by atoms with van der Waals surface area (Å²) in [6, 6.07) is 0. The summed E-state index contributed by atoms with van der Waals surface area (Å²) >= 11 is 0. The monoisotopic (exact) mass is 196 g/mol. The summed E-state index contributed by atoms with van der Waals surface area (Å²) < 4.78 is 0. The van der Waals surface area contributed by atoms with Gasteiger partial charge in [-0.05, 0) is 25.7 Å². The van der Waals surface area contributed by atoms with Crippen molar-refractivity contribution < 1.29 is 9.59 Å². The number of hydrogen-bond acceptors (Lipinski definition) is 2. The predicted octanol–water partition coefficient (Wildman–Crippen LogP) is 2.61. The van der Waals surface area contributed by atoms with Crippen molar-refractivity contribution in [3.8, 4) is 0 Å². The molecule has 2 nitrogen and oxygen atoms in total. The van der Waals surface area contributed by atoms with Crippen LogP contribution in [0.5, 0.6) is 0 Å². The summed E-state index contributed by atoms with van der Waals surface area (Å²) in [5.74, 6) is 0.758. The molecule has 0 N–H and O–H groups in total. The smallest absolute Gasteiger partial charge is 0.136 e. The van der Waals surface area contributed by atoms with E-state index in [9.17, 15) is 9.59 Å². The molecule has 1 saturated carbocycles. The number of carbonyl (C=O) groups is 2. The minimum absolute atomic E-state index is 0.0150. The van der Waals surface area contributed by atoms with Gasteiger partial charge in [-0.3, -0.25) is 9.59 Å². The van der Waals surface area contributed by atoms with Gasteiger partial charge in [0.25, 0.3) is 0 Å². The van der Waals surface area contributed by atoms with E-state index in [1.807, 2.05) is 13.8 Å². The molecule has 0 aromatic rings. The summed E-state index contributed by atoms with van der Waals surface area (Å²) in [6.45, 7) is 5.69. The SMILES string of the molecule is CC(=O)C(C(C)C)C1CCCCC1=O. The summed E-state index contributed by atoms with van der Waals surface area (Å²) in [5.41, 5.74) is 0. The van der Waals surface area contributed by atoms with Crippen LogP contribution < -0.4 is 0 Å². The normalized spacial score (nSPS) is 25.1. The maximum atomic E-state index is 11.7. The molecule has 2 unspecified atom stereocenters. The molecule has 2 atom stereocenters. The molecule has 0 spiro atoms. The molecule has 14 heavy (non-hydrogen) atoms. The zero-order chi connectivity index (χ0) is 10.7. The van der Waals surface area contributed by atoms with Gasteiger partial charge in [0.05, 0.1) is 0 Å². The van der Waals surface area contributed by atoms with Gasteiger partial charge in [-0.2, -0.15) is 0 Å². The molecule has 0 amide bonds. The Morgan fingerprint density at radius 3 is 2.43 bits per heavy atom. The molecule has 0 aromatic heterocycles. The van der Waals surface area contributed by atoms with E-state index in [2.05, 4.69) is 0 Å². The first-order valence-corrected chi connectivity index (χ1v) is 5.57. The molecule has 0 aromatic carbocycles. The van der Waals surface area contributed by atoms with Crippen LogP contribution in [0.15, 0.2) is 0 Å². The number of hydrogen-bond donors (Lipinski definition) is 0. The fourth-order valence-electron chi connectivity index (χ4n) is 2.61. The van der Waals surface area contributed by atoms with Crippen LogP contribution in [0.1, 0.15) is 46.5 Å². The molecule has 1 rings (SSSR count). The van der Waals surface area contributed by atoms with Crippen LogP contribution in [0.4, 0.5) is 0 Å². The quantitative estimate of drug-likeness (QED) is 0.695. The molecule has 1 aliphatic carbocycles. The second-order valence-corrected chi connectivity index (χ2v) is 4.70. The van der Waals surface area contributed by atoms with Crippen LogP contribution >= 0.6 is 0 Å². The average molecular weight is 196 g/mol. The van der Waals surface area contributed by atoms with Crippen molar-refractivity contribution in [3.63, 3.8) is 0 Å². The van der Waals surface area contributed by atoms with Gasteiger partial charge in [0.2, 0.25) is 0 Å². The van der Waals surface area contributed by atoms with Gasteiger partial charge in [0.15, 0.2) is 0 Å². The van der Waals surface area contributed by atoms with E-state index in [-0.39, 0.29) is 17.6 Å². The standard InChI is InChI=1S/C12H20O2/c1-8(2)12(9(3)13)10-6-4-5-7-11(10)14/h8,10,12H,4-7H2,1-3H3. The highest BCUT2D eigenvalue weighted by Gasteiger charge is 2.34. The molecule has 0 radical (unpaired) electrons. The summed E-state index contributed by atoms with van der Waals surface area (Å²) in [5, 5.41) is 0. The number of rotatable bonds is 3. The zero-order valence-electron chi connectivity index (χ0n) is 9.38. The lowest BCUT2D eigenvalue weighted by atomic mass is 9.73. The Morgan fingerprint density at radius 2 is 2.00 bits per heavy atom. The maximum Gasteiger partial charge on any atom is 0.136 e. The lowest BCUT2D eigenvalue weighted by Crippen LogP contribution is -2.34. The van der Waals surface area contributed by atoms with Gasteiger partial charge >= 0.3 is 0 Å². The van der Waals surface area contributed by atoms with Crippen molar-refractivity contribution in [2.24, 2.45) is 17.8 Å². The minimum atomic E-state index is -0.0391. The maximum absolute atomic E-state index is 11.7. The van der Waals surface area contributed by atoms with Crippen molar-refractivity contribution in [3.05, 3.63) is 0 Å². The van der Waals surface area contributed by atoms with Crippen LogP contribution in [0.2, 0.25) is 0 Å². The Hall–Kier alpha value is -0.660. The predicted molar refractivity (Wildman–Crippen MR) is 56.0 cm³/mol. The molecular formula is C12H20O2. The van der Waals surface area contributed by atoms with Crippen molar-refractivity contribution in [1.82, 2.24) is 0 Å². The largest absolute Gasteiger partial charge is 0.300 e. The Labute approximate surface area is 86.1 Å². The van der Waals surface area contributed by atoms with Gasteiger partial charge < -0.3 is 0 Å². The van der Waals surface area contributed by atoms with E-state index in [0.29, 0.717) is 18.1 Å². The van der Waals surface area contributed by atoms with E-state index in [0.717, 1.165) is 19.3 Å². The van der Waals surface area contributed by atoms with E-state index in [4.69, 9.17) is 0 Å². The topological polar surface area (TPSA) is 34.1 Å². The van der Waals surface area contributed by atoms with E-state index < -0.39 is 0 Å². The second kappa shape index (κ2) is 4.72. The van der Waals surface area contributed by atoms with Gasteiger partial charge in [-0.1, -0.05) is 20.3 Å². The van der Waals surface area contributed by atoms with Crippen molar-refractivity contribution in [2.75, 3.05) is 0 Å². The molecule has 80 valence electrons. The van der Waals surface area contributed by atoms with E-state index >= 15 is 0 Å². The van der Waals surface area contributed by atoms with Crippen LogP contribution in [-0.2, 0) is 9.59 Å². The lowest BCUT2D eigenvalue weighted by Gasteiger charge is -2.29. The molecule has 0 bridgehead atoms. The van der Waals surface area contributed by atoms with Crippen LogP contribution in [0.3, 0.4) is 0 Å². The average Bonchev–Trinajstić information content (AvgIpc) is 2.07. The third-order valence-corrected chi connectivity index (χ3v) is 3.22. The van der Waals surface area contributed by atoms with Gasteiger partial charge in [0, 0.05) is 18.3 Å². The molecule has 0 heterocycles. The highest BCUT2D eigenvalue weighted by Crippen LogP contribution is 2.32. The zero-order valence-corrected chi connectivity index (χ0v) is 9.38. The third-order valence-electron chi connectivity index (χ3n) is 3.22. The van der Waals surface area contributed by atoms with Crippen molar-refractivity contribution in [1.29, 1.82) is 0 Å². The summed E-state index contributed by atoms with van der Waals surface area (Å²) in [7, 11) is 0. The molecule has 0 saturated heterocycles. The van der Waals surface area contributed by atoms with Crippen molar-refractivity contribution in [2.45, 2.75) is 46.5 Å². The summed E-state index contributed by atoms with van der Waals surface area (Å²) in [4.78, 5) is 23.2. The van der Waals surface area contributed by atoms with E-state index in [1.54, 1.807) is 6.92 Å². The number of carbonyl (C=O) groups excluding carboxylic acids is 2. The first-order valence-electron chi connectivity index (χ1n) is 5.57. The fraction of sp³-hybridized carbons (Fsp3) is 0.833. The molecular weight excluding hydrogens is 176 g/mol. The fourth-order valence-corrected chi connectivity index (χ4v) is 2.61. The second-order valence-electron chi connectivity index (χ2n) is 4.70. The number of ketones is 2. The van der Waals surface area contributed by atoms with Gasteiger partial charge in [0.1, 0.15) is 11.6 Å². The third kappa shape index (κ3) is 2.43. The highest BCUT2D eigenvalue weighted by atomic mass is 16.1. The van der Waals surface area contributed by atoms with Gasteiger partial charge in [-0.15, -0.1) is 0 Å². The highest BCUT2D eigenvalue weighted by molar-refractivity contribution is 5.89. The van der Waals surface area contributed by atoms with Crippen molar-refractivity contribution >= 4 is 11.6 Å². The first-order chi connectivity index (χ1) is 6.54. The Kier molecular flexibility index (Phi) is 3.85. The lowest BCUT2D eigenvalue weighted by molar-refractivity contribution is -0.134. The molecule has 0 aliphatic heterocycles. The van der Waals surface area contributed by atoms with Crippen LogP contribution in [0, 0.1) is 17.8 Å². The summed E-state index contributed by atoms with van der Waals surface area (Å²) in [6.07, 6.45) is 3.72. The molecule has 1 aliphatic rings. The Morgan fingerprint density at radius 1 is 1.36 bits per heavy atom. The molecule has 1 fully saturated rings. The number of Topliss-reactive ketones (excluding diaryl/α,β-unsaturated/α-hetero) is 2. The van der Waals surface area contributed by atoms with Crippen LogP contribution in [-0.4, -0.2) is 11.6 Å². The Balaban J connectivity index is 2.75. The Bertz CT molecular complexity index is 230. The van der Waals surface area contributed by atoms with E-state index in [1.165, 1.54) is 0 Å². The molecule has 2 heteroatoms.